The van der Waals surface area contributed by atoms with Gasteiger partial charge in [0.25, 0.3) is 0 Å². The lowest BCUT2D eigenvalue weighted by atomic mass is 10.2. The molecule has 25 heavy (non-hydrogen) atoms. The average Bonchev–Trinajstić information content (AvgIpc) is 3.36. The van der Waals surface area contributed by atoms with Crippen molar-refractivity contribution in [3.05, 3.63) is 36.5 Å². The molecule has 2 N–H and O–H groups in total. The Morgan fingerprint density at radius 2 is 2.04 bits per heavy atom. The molecule has 1 aromatic heterocycles. The SMILES string of the molecule is CCNC(=O)NC(=O)[C@H](C)Sc1ncc(-c2ccccc2)n1C1CC1. The number of nitrogens with zero attached hydrogens (tertiary/aromatic N) is 2. The number of amides is 3. The van der Waals surface area contributed by atoms with E-state index in [9.17, 15) is 9.59 Å². The highest BCUT2D eigenvalue weighted by Gasteiger charge is 2.30. The number of nitrogens with one attached hydrogen (secondary N) is 2. The highest BCUT2D eigenvalue weighted by Crippen LogP contribution is 2.42. The highest BCUT2D eigenvalue weighted by atomic mass is 32.2. The van der Waals surface area contributed by atoms with Crippen molar-refractivity contribution >= 4 is 23.7 Å². The predicted octanol–water partition coefficient (Wildman–Crippen LogP) is 3.21. The monoisotopic (exact) mass is 358 g/mol. The number of carbonyl (C=O) groups excluding carboxylic acids is 2. The van der Waals surface area contributed by atoms with Gasteiger partial charge in [-0.15, -0.1) is 0 Å². The molecule has 1 saturated carbocycles. The first-order chi connectivity index (χ1) is 12.1. The minimum Gasteiger partial charge on any atom is -0.338 e. The van der Waals surface area contributed by atoms with Crippen LogP contribution in [0.15, 0.2) is 41.7 Å². The van der Waals surface area contributed by atoms with E-state index in [0.717, 1.165) is 29.3 Å². The van der Waals surface area contributed by atoms with Gasteiger partial charge in [-0.25, -0.2) is 9.78 Å². The molecule has 0 radical (unpaired) electrons. The summed E-state index contributed by atoms with van der Waals surface area (Å²) >= 11 is 1.38. The molecule has 0 unspecified atom stereocenters. The molecule has 132 valence electrons. The molecule has 1 aliphatic carbocycles. The van der Waals surface area contributed by atoms with Gasteiger partial charge < -0.3 is 9.88 Å². The number of rotatable bonds is 6. The van der Waals surface area contributed by atoms with Crippen molar-refractivity contribution in [3.63, 3.8) is 0 Å². The fraction of sp³-hybridized carbons (Fsp3) is 0.389. The van der Waals surface area contributed by atoms with Crippen LogP contribution in [-0.4, -0.2) is 33.3 Å². The Morgan fingerprint density at radius 3 is 2.68 bits per heavy atom. The molecule has 1 heterocycles. The van der Waals surface area contributed by atoms with Crippen molar-refractivity contribution in [2.45, 2.75) is 43.1 Å². The van der Waals surface area contributed by atoms with E-state index in [0.29, 0.717) is 12.6 Å². The summed E-state index contributed by atoms with van der Waals surface area (Å²) < 4.78 is 2.22. The Balaban J connectivity index is 1.76. The number of benzene rings is 1. The van der Waals surface area contributed by atoms with Gasteiger partial charge in [0.1, 0.15) is 0 Å². The maximum absolute atomic E-state index is 12.2. The van der Waals surface area contributed by atoms with Crippen LogP contribution in [0.3, 0.4) is 0 Å². The maximum Gasteiger partial charge on any atom is 0.321 e. The van der Waals surface area contributed by atoms with Crippen LogP contribution in [0.25, 0.3) is 11.3 Å². The molecular weight excluding hydrogens is 336 g/mol. The van der Waals surface area contributed by atoms with Crippen molar-refractivity contribution in [1.29, 1.82) is 0 Å². The number of hydrogen-bond donors (Lipinski definition) is 2. The van der Waals surface area contributed by atoms with Gasteiger partial charge in [0.15, 0.2) is 5.16 Å². The Bertz CT molecular complexity index is 756. The number of hydrogen-bond acceptors (Lipinski definition) is 4. The molecule has 7 heteroatoms. The van der Waals surface area contributed by atoms with Gasteiger partial charge in [-0.05, 0) is 32.3 Å². The minimum atomic E-state index is -0.463. The van der Waals surface area contributed by atoms with Crippen LogP contribution < -0.4 is 10.6 Å². The summed E-state index contributed by atoms with van der Waals surface area (Å²) in [5, 5.41) is 5.32. The number of imide groups is 1. The second kappa shape index (κ2) is 7.74. The Kier molecular flexibility index (Phi) is 5.43. The molecule has 1 atom stereocenters. The predicted molar refractivity (Wildman–Crippen MR) is 98.5 cm³/mol. The van der Waals surface area contributed by atoms with E-state index in [1.807, 2.05) is 24.4 Å². The molecule has 1 aromatic carbocycles. The molecule has 0 spiro atoms. The molecule has 1 aliphatic rings. The smallest absolute Gasteiger partial charge is 0.321 e. The van der Waals surface area contributed by atoms with E-state index in [2.05, 4.69) is 32.3 Å². The lowest BCUT2D eigenvalue weighted by Gasteiger charge is -2.14. The van der Waals surface area contributed by atoms with Gasteiger partial charge in [-0.2, -0.15) is 0 Å². The molecule has 0 saturated heterocycles. The topological polar surface area (TPSA) is 76.0 Å². The third-order valence-corrected chi connectivity index (χ3v) is 5.05. The molecule has 0 bridgehead atoms. The lowest BCUT2D eigenvalue weighted by Crippen LogP contribution is -2.42. The summed E-state index contributed by atoms with van der Waals surface area (Å²) in [6.45, 7) is 4.07. The second-order valence-corrected chi connectivity index (χ2v) is 7.31. The molecule has 3 rings (SSSR count). The zero-order chi connectivity index (χ0) is 17.8. The van der Waals surface area contributed by atoms with Crippen molar-refractivity contribution in [2.75, 3.05) is 6.54 Å². The summed E-state index contributed by atoms with van der Waals surface area (Å²) in [5.41, 5.74) is 2.19. The van der Waals surface area contributed by atoms with Gasteiger partial charge in [-0.3, -0.25) is 10.1 Å². The fourth-order valence-corrected chi connectivity index (χ4v) is 3.53. The largest absolute Gasteiger partial charge is 0.338 e. The highest BCUT2D eigenvalue weighted by molar-refractivity contribution is 8.00. The van der Waals surface area contributed by atoms with Crippen LogP contribution in [0.2, 0.25) is 0 Å². The quantitative estimate of drug-likeness (QED) is 0.778. The van der Waals surface area contributed by atoms with Crippen molar-refractivity contribution in [1.82, 2.24) is 20.2 Å². The summed E-state index contributed by atoms with van der Waals surface area (Å²) in [6, 6.07) is 10.1. The van der Waals surface area contributed by atoms with Crippen LogP contribution in [0.4, 0.5) is 4.79 Å². The number of aromatic nitrogens is 2. The van der Waals surface area contributed by atoms with E-state index in [1.54, 1.807) is 13.8 Å². The molecule has 0 aliphatic heterocycles. The Labute approximate surface area is 151 Å². The van der Waals surface area contributed by atoms with E-state index >= 15 is 0 Å². The molecule has 1 fully saturated rings. The van der Waals surface area contributed by atoms with Crippen molar-refractivity contribution < 1.29 is 9.59 Å². The normalized spacial score (nSPS) is 14.8. The van der Waals surface area contributed by atoms with Gasteiger partial charge in [0.2, 0.25) is 5.91 Å². The van der Waals surface area contributed by atoms with Crippen LogP contribution in [-0.2, 0) is 4.79 Å². The zero-order valence-corrected chi connectivity index (χ0v) is 15.2. The van der Waals surface area contributed by atoms with Crippen molar-refractivity contribution in [2.24, 2.45) is 0 Å². The van der Waals surface area contributed by atoms with Crippen molar-refractivity contribution in [3.8, 4) is 11.3 Å². The van der Waals surface area contributed by atoms with Crippen LogP contribution in [0.1, 0.15) is 32.7 Å². The summed E-state index contributed by atoms with van der Waals surface area (Å²) in [5.74, 6) is -0.317. The minimum absolute atomic E-state index is 0.317. The summed E-state index contributed by atoms with van der Waals surface area (Å²) in [7, 11) is 0. The molecular formula is C18H22N4O2S. The van der Waals surface area contributed by atoms with Crippen LogP contribution in [0.5, 0.6) is 0 Å². The Hall–Kier alpha value is -2.28. The molecule has 3 amide bonds. The van der Waals surface area contributed by atoms with Gasteiger partial charge in [-0.1, -0.05) is 42.1 Å². The molecule has 2 aromatic rings. The van der Waals surface area contributed by atoms with E-state index in [-0.39, 0.29) is 5.91 Å². The Morgan fingerprint density at radius 1 is 1.32 bits per heavy atom. The third-order valence-electron chi connectivity index (χ3n) is 3.97. The number of urea groups is 1. The standard InChI is InChI=1S/C18H22N4O2S/c1-3-19-17(24)21-16(23)12(2)25-18-20-11-15(22(18)14-9-10-14)13-7-5-4-6-8-13/h4-8,11-12,14H,3,9-10H2,1-2H3,(H2,19,21,23,24)/t12-/m0/s1. The number of imidazole rings is 1. The van der Waals surface area contributed by atoms with Crippen LogP contribution >= 0.6 is 11.8 Å². The van der Waals surface area contributed by atoms with E-state index in [4.69, 9.17) is 0 Å². The third kappa shape index (κ3) is 4.22. The first-order valence-corrected chi connectivity index (χ1v) is 9.36. The average molecular weight is 358 g/mol. The molecule has 6 nitrogen and oxygen atoms in total. The van der Waals surface area contributed by atoms with Gasteiger partial charge in [0, 0.05) is 12.6 Å². The number of thioether (sulfide) groups is 1. The fourth-order valence-electron chi connectivity index (χ4n) is 2.57. The van der Waals surface area contributed by atoms with E-state index in [1.165, 1.54) is 11.8 Å². The first kappa shape index (κ1) is 17.5. The number of carbonyl (C=O) groups is 2. The van der Waals surface area contributed by atoms with E-state index < -0.39 is 11.3 Å². The first-order valence-electron chi connectivity index (χ1n) is 8.48. The van der Waals surface area contributed by atoms with Gasteiger partial charge >= 0.3 is 6.03 Å². The maximum atomic E-state index is 12.2. The zero-order valence-electron chi connectivity index (χ0n) is 14.4. The van der Waals surface area contributed by atoms with Gasteiger partial charge in [0.05, 0.1) is 17.1 Å². The second-order valence-electron chi connectivity index (χ2n) is 6.00. The summed E-state index contributed by atoms with van der Waals surface area (Å²) in [4.78, 5) is 28.2. The summed E-state index contributed by atoms with van der Waals surface area (Å²) in [6.07, 6.45) is 4.12. The van der Waals surface area contributed by atoms with Crippen LogP contribution in [0, 0.1) is 0 Å². The lowest BCUT2D eigenvalue weighted by molar-refractivity contribution is -0.119.